The predicted octanol–water partition coefficient (Wildman–Crippen LogP) is 2.05. The predicted molar refractivity (Wildman–Crippen MR) is 150 cm³/mol. The number of aromatic nitrogens is 1. The molecule has 1 aromatic rings. The number of nitrogens with zero attached hydrogens (tertiary/aromatic N) is 3. The van der Waals surface area contributed by atoms with Gasteiger partial charge in [-0.3, -0.25) is 19.3 Å². The van der Waals surface area contributed by atoms with Crippen LogP contribution in [0.4, 0.5) is 5.13 Å². The molecule has 1 aromatic heterocycles. The molecule has 0 bridgehead atoms. The molecular formula is C24H31N5O7S3. The van der Waals surface area contributed by atoms with Gasteiger partial charge in [-0.2, -0.15) is 0 Å². The minimum Gasteiger partial charge on any atom is -0.445 e. The van der Waals surface area contributed by atoms with E-state index in [2.05, 4.69) is 15.5 Å². The molecule has 3 aliphatic heterocycles. The molecule has 0 radical (unpaired) electrons. The van der Waals surface area contributed by atoms with Gasteiger partial charge in [-0.05, 0) is 57.3 Å². The molecule has 0 aliphatic carbocycles. The van der Waals surface area contributed by atoms with Crippen molar-refractivity contribution in [2.45, 2.75) is 45.0 Å². The Hall–Kier alpha value is -2.75. The van der Waals surface area contributed by atoms with E-state index in [0.29, 0.717) is 37.0 Å². The van der Waals surface area contributed by atoms with Crippen molar-refractivity contribution in [2.75, 3.05) is 38.6 Å². The highest BCUT2D eigenvalue weighted by atomic mass is 32.2. The summed E-state index contributed by atoms with van der Waals surface area (Å²) in [6.45, 7) is 6.17. The summed E-state index contributed by atoms with van der Waals surface area (Å²) in [5.41, 5.74) is 6.61. The molecule has 0 saturated carbocycles. The zero-order valence-corrected chi connectivity index (χ0v) is 24.5. The first-order chi connectivity index (χ1) is 18.5. The van der Waals surface area contributed by atoms with Crippen molar-refractivity contribution in [3.8, 4) is 0 Å². The zero-order chi connectivity index (χ0) is 28.3. The number of thiocarbonyl (C=S) groups is 1. The molecule has 0 aromatic carbocycles. The average molecular weight is 598 g/mol. The lowest BCUT2D eigenvalue weighted by atomic mass is 9.95. The van der Waals surface area contributed by atoms with Crippen LogP contribution in [0.25, 0.3) is 0 Å². The Bertz CT molecular complexity index is 1200. The van der Waals surface area contributed by atoms with Crippen molar-refractivity contribution in [1.82, 2.24) is 15.2 Å². The molecule has 15 heteroatoms. The van der Waals surface area contributed by atoms with Gasteiger partial charge in [0.1, 0.15) is 24.2 Å². The largest absolute Gasteiger partial charge is 0.445 e. The van der Waals surface area contributed by atoms with Crippen molar-refractivity contribution in [3.63, 3.8) is 0 Å². The molecule has 2 fully saturated rings. The van der Waals surface area contributed by atoms with E-state index < -0.39 is 28.7 Å². The quantitative estimate of drug-likeness (QED) is 0.107. The summed E-state index contributed by atoms with van der Waals surface area (Å²) in [4.78, 5) is 49.1. The number of carbonyl (C=O) groups excluding carboxylic acids is 3. The molecule has 12 nitrogen and oxygen atoms in total. The summed E-state index contributed by atoms with van der Waals surface area (Å²) >= 11 is 8.25. The minimum atomic E-state index is -0.826. The number of thiazole rings is 1. The lowest BCUT2D eigenvalue weighted by molar-refractivity contribution is -0.160. The van der Waals surface area contributed by atoms with Crippen molar-refractivity contribution in [3.05, 3.63) is 22.3 Å². The smallest absolute Gasteiger partial charge is 0.314 e. The van der Waals surface area contributed by atoms with E-state index in [-0.39, 0.29) is 34.3 Å². The van der Waals surface area contributed by atoms with Crippen molar-refractivity contribution < 1.29 is 33.4 Å². The van der Waals surface area contributed by atoms with Gasteiger partial charge < -0.3 is 30.1 Å². The summed E-state index contributed by atoms with van der Waals surface area (Å²) in [6, 6.07) is -0.826. The molecule has 4 rings (SSSR count). The molecule has 2 amide bonds. The van der Waals surface area contributed by atoms with Crippen LogP contribution < -0.4 is 11.1 Å². The summed E-state index contributed by atoms with van der Waals surface area (Å²) in [5.74, 6) is -0.507. The Morgan fingerprint density at radius 3 is 2.74 bits per heavy atom. The Kier molecular flexibility index (Phi) is 9.14. The minimum absolute atomic E-state index is 0.0635. The van der Waals surface area contributed by atoms with E-state index >= 15 is 0 Å². The van der Waals surface area contributed by atoms with Crippen LogP contribution in [0, 0.1) is 11.3 Å². The van der Waals surface area contributed by atoms with E-state index in [4.69, 9.17) is 37.0 Å². The summed E-state index contributed by atoms with van der Waals surface area (Å²) < 4.78 is 16.4. The van der Waals surface area contributed by atoms with Gasteiger partial charge in [0.05, 0.1) is 11.1 Å². The van der Waals surface area contributed by atoms with Gasteiger partial charge in [0.25, 0.3) is 11.8 Å². The third-order valence-electron chi connectivity index (χ3n) is 6.24. The van der Waals surface area contributed by atoms with Gasteiger partial charge in [0.15, 0.2) is 10.8 Å². The fourth-order valence-electron chi connectivity index (χ4n) is 4.24. The van der Waals surface area contributed by atoms with E-state index in [1.165, 1.54) is 18.9 Å². The number of nitrogen functional groups attached to an aromatic ring is 1. The van der Waals surface area contributed by atoms with Crippen molar-refractivity contribution in [1.29, 1.82) is 0 Å². The molecule has 3 aliphatic rings. The Morgan fingerprint density at radius 2 is 2.13 bits per heavy atom. The average Bonchev–Trinajstić information content (AvgIpc) is 3.56. The second-order valence-electron chi connectivity index (χ2n) is 10.2. The van der Waals surface area contributed by atoms with E-state index in [0.717, 1.165) is 23.3 Å². The number of carbonyl (C=O) groups is 3. The Balaban J connectivity index is 1.50. The van der Waals surface area contributed by atoms with Gasteiger partial charge in [-0.25, -0.2) is 4.98 Å². The van der Waals surface area contributed by atoms with E-state index in [1.54, 1.807) is 31.1 Å². The summed E-state index contributed by atoms with van der Waals surface area (Å²) in [5, 5.41) is 8.03. The summed E-state index contributed by atoms with van der Waals surface area (Å²) in [6.07, 6.45) is 1.61. The highest BCUT2D eigenvalue weighted by molar-refractivity contribution is 8.00. The zero-order valence-electron chi connectivity index (χ0n) is 22.1. The number of ether oxygens (including phenoxy) is 3. The highest BCUT2D eigenvalue weighted by Crippen LogP contribution is 2.43. The third kappa shape index (κ3) is 6.53. The van der Waals surface area contributed by atoms with Gasteiger partial charge in [-0.15, -0.1) is 23.1 Å². The van der Waals surface area contributed by atoms with Gasteiger partial charge >= 0.3 is 5.97 Å². The number of anilines is 1. The molecule has 0 spiro atoms. The fraction of sp³-hybridized carbons (Fsp3) is 0.583. The lowest BCUT2D eigenvalue weighted by Crippen LogP contribution is -2.71. The number of oxime groups is 1. The van der Waals surface area contributed by atoms with Crippen LogP contribution in [0.15, 0.2) is 21.8 Å². The number of thioether (sulfide) groups is 1. The number of fused-ring (bicyclic) bond motifs is 1. The third-order valence-corrected chi connectivity index (χ3v) is 8.57. The lowest BCUT2D eigenvalue weighted by Gasteiger charge is -2.50. The second-order valence-corrected chi connectivity index (χ2v) is 12.5. The number of hydrogen-bond donors (Lipinski definition) is 2. The first kappa shape index (κ1) is 29.2. The number of rotatable bonds is 9. The van der Waals surface area contributed by atoms with Crippen LogP contribution in [0.3, 0.4) is 0 Å². The number of nitrogens with two attached hydrogens (primary N) is 1. The molecule has 3 N–H and O–H groups in total. The van der Waals surface area contributed by atoms with Gasteiger partial charge in [-0.1, -0.05) is 5.16 Å². The number of β-lactam (4-membered cyclic amide) rings is 1. The van der Waals surface area contributed by atoms with Crippen molar-refractivity contribution >= 4 is 69.0 Å². The molecule has 212 valence electrons. The topological polar surface area (TPSA) is 155 Å². The fourth-order valence-corrected chi connectivity index (χ4v) is 6.44. The molecule has 3 atom stereocenters. The molecule has 2 saturated heterocycles. The number of esters is 1. The van der Waals surface area contributed by atoms with Crippen LogP contribution in [0.1, 0.15) is 39.3 Å². The first-order valence-electron chi connectivity index (χ1n) is 12.2. The van der Waals surface area contributed by atoms with E-state index in [9.17, 15) is 14.4 Å². The standard InChI is InChI=1S/C24H31N5O7S3/c1-24(2,3)22(32)36-11-35-21(37)17-13(7-12-5-6-34-8-12)9-38-20-16(19(31)29(17)20)27-18(30)15(28-33-4)14-10-39-23(25)26-14/h10,12,16,20H,5-9,11H2,1-4H3,(H2,25,26)(H,27,30)/b28-15-/t12?,16?,20-/m1/s1. The number of nitrogens with one attached hydrogen (secondary N) is 1. The maximum Gasteiger partial charge on any atom is 0.314 e. The first-order valence-corrected chi connectivity index (χ1v) is 14.6. The monoisotopic (exact) mass is 597 g/mol. The van der Waals surface area contributed by atoms with Crippen LogP contribution >= 0.6 is 35.3 Å². The molecular weight excluding hydrogens is 566 g/mol. The summed E-state index contributed by atoms with van der Waals surface area (Å²) in [7, 11) is 1.31. The number of amides is 2. The van der Waals surface area contributed by atoms with Gasteiger partial charge in [0.2, 0.25) is 11.8 Å². The van der Waals surface area contributed by atoms with Crippen molar-refractivity contribution in [2.24, 2.45) is 16.5 Å². The Morgan fingerprint density at radius 1 is 1.36 bits per heavy atom. The molecule has 4 heterocycles. The van der Waals surface area contributed by atoms with Gasteiger partial charge in [0, 0.05) is 24.3 Å². The normalized spacial score (nSPS) is 23.2. The highest BCUT2D eigenvalue weighted by Gasteiger charge is 2.54. The van der Waals surface area contributed by atoms with Crippen LogP contribution in [-0.2, 0) is 33.4 Å². The molecule has 39 heavy (non-hydrogen) atoms. The van der Waals surface area contributed by atoms with Crippen LogP contribution in [0.2, 0.25) is 0 Å². The second kappa shape index (κ2) is 12.2. The van der Waals surface area contributed by atoms with E-state index in [1.807, 2.05) is 0 Å². The van der Waals surface area contributed by atoms with Crippen LogP contribution in [-0.4, -0.2) is 82.7 Å². The van der Waals surface area contributed by atoms with Crippen LogP contribution in [0.5, 0.6) is 0 Å². The maximum absolute atomic E-state index is 13.4. The molecule has 2 unspecified atom stereocenters. The Labute approximate surface area is 239 Å². The maximum atomic E-state index is 13.4. The SMILES string of the molecule is CO/N=C(\C(=O)NC1C(=O)N2C(C(=S)OCOC(=O)C(C)(C)C)=C(CC3CCOC3)CS[C@H]12)c1csc(N)n1. The number of hydrogen-bond acceptors (Lipinski definition) is 13.